The van der Waals surface area contributed by atoms with E-state index in [1.165, 1.54) is 25.7 Å². The summed E-state index contributed by atoms with van der Waals surface area (Å²) in [7, 11) is 1.87. The highest BCUT2D eigenvalue weighted by Gasteiger charge is 2.43. The van der Waals surface area contributed by atoms with Gasteiger partial charge in [-0.25, -0.2) is 4.98 Å². The molecule has 2 heterocycles. The number of nitrogens with zero attached hydrogens (tertiary/aromatic N) is 3. The molecule has 142 valence electrons. The van der Waals surface area contributed by atoms with Crippen LogP contribution in [-0.4, -0.2) is 36.0 Å². The average molecular weight is 364 g/mol. The number of aromatic nitrogens is 1. The maximum atomic E-state index is 5.84. The predicted molar refractivity (Wildman–Crippen MR) is 108 cm³/mol. The Bertz CT molecular complexity index is 786. The van der Waals surface area contributed by atoms with Crippen molar-refractivity contribution in [2.24, 2.45) is 10.4 Å². The van der Waals surface area contributed by atoms with E-state index in [1.54, 1.807) is 6.20 Å². The number of pyridine rings is 1. The van der Waals surface area contributed by atoms with Gasteiger partial charge in [0, 0.05) is 38.9 Å². The summed E-state index contributed by atoms with van der Waals surface area (Å²) in [5.74, 6) is 1.66. The second-order valence-electron chi connectivity index (χ2n) is 7.70. The third-order valence-electron chi connectivity index (χ3n) is 5.84. The van der Waals surface area contributed by atoms with Crippen molar-refractivity contribution in [1.29, 1.82) is 0 Å². The number of rotatable bonds is 5. The Labute approximate surface area is 161 Å². The fraction of sp³-hybridized carbons (Fsp3) is 0.455. The summed E-state index contributed by atoms with van der Waals surface area (Å²) in [5, 5.41) is 3.51. The summed E-state index contributed by atoms with van der Waals surface area (Å²) >= 11 is 0. The van der Waals surface area contributed by atoms with Crippen molar-refractivity contribution in [2.75, 3.05) is 20.1 Å². The molecule has 0 unspecified atom stereocenters. The van der Waals surface area contributed by atoms with E-state index < -0.39 is 0 Å². The van der Waals surface area contributed by atoms with Crippen LogP contribution in [0.4, 0.5) is 0 Å². The van der Waals surface area contributed by atoms with E-state index in [0.29, 0.717) is 17.9 Å². The number of likely N-dealkylation sites (tertiary alicyclic amines) is 1. The number of aliphatic imine (C=N–C) groups is 1. The first-order valence-corrected chi connectivity index (χ1v) is 9.84. The Morgan fingerprint density at radius 1 is 1.19 bits per heavy atom. The Hall–Kier alpha value is -2.56. The molecule has 1 aliphatic heterocycles. The first kappa shape index (κ1) is 17.8. The number of hydrogen-bond acceptors (Lipinski definition) is 3. The molecule has 2 aliphatic rings. The van der Waals surface area contributed by atoms with Gasteiger partial charge in [0.15, 0.2) is 5.96 Å². The van der Waals surface area contributed by atoms with Crippen molar-refractivity contribution in [1.82, 2.24) is 15.2 Å². The van der Waals surface area contributed by atoms with Gasteiger partial charge in [-0.3, -0.25) is 4.99 Å². The number of ether oxygens (including phenoxy) is 1. The molecule has 0 bridgehead atoms. The minimum absolute atomic E-state index is 0.530. The lowest BCUT2D eigenvalue weighted by atomic mass is 9.68. The zero-order chi connectivity index (χ0) is 18.5. The molecule has 0 radical (unpaired) electrons. The molecule has 1 aromatic heterocycles. The third kappa shape index (κ3) is 4.24. The van der Waals surface area contributed by atoms with Crippen molar-refractivity contribution in [2.45, 2.75) is 38.8 Å². The largest absolute Gasteiger partial charge is 0.473 e. The molecule has 1 aromatic carbocycles. The number of benzene rings is 1. The highest BCUT2D eigenvalue weighted by Crippen LogP contribution is 2.47. The lowest BCUT2D eigenvalue weighted by Gasteiger charge is -2.38. The van der Waals surface area contributed by atoms with E-state index in [0.717, 1.165) is 36.7 Å². The molecule has 4 rings (SSSR count). The maximum absolute atomic E-state index is 5.84. The highest BCUT2D eigenvalue weighted by atomic mass is 16.5. The molecule has 1 saturated heterocycles. The smallest absolute Gasteiger partial charge is 0.213 e. The molecule has 0 atom stereocenters. The van der Waals surface area contributed by atoms with E-state index >= 15 is 0 Å². The summed E-state index contributed by atoms with van der Waals surface area (Å²) in [6.45, 7) is 3.51. The molecule has 5 nitrogen and oxygen atoms in total. The van der Waals surface area contributed by atoms with Crippen molar-refractivity contribution < 1.29 is 4.74 Å². The van der Waals surface area contributed by atoms with Crippen LogP contribution in [0.15, 0.2) is 53.7 Å². The molecule has 5 heteroatoms. The summed E-state index contributed by atoms with van der Waals surface area (Å²) in [6.07, 6.45) is 7.27. The van der Waals surface area contributed by atoms with Gasteiger partial charge in [-0.05, 0) is 41.9 Å². The maximum Gasteiger partial charge on any atom is 0.213 e. The van der Waals surface area contributed by atoms with Gasteiger partial charge < -0.3 is 15.0 Å². The highest BCUT2D eigenvalue weighted by molar-refractivity contribution is 5.80. The monoisotopic (exact) mass is 364 g/mol. The third-order valence-corrected chi connectivity index (χ3v) is 5.84. The number of hydrogen-bond donors (Lipinski definition) is 1. The van der Waals surface area contributed by atoms with Crippen LogP contribution in [0.5, 0.6) is 5.88 Å². The van der Waals surface area contributed by atoms with Crippen molar-refractivity contribution in [3.8, 4) is 5.88 Å². The van der Waals surface area contributed by atoms with Crippen LogP contribution in [0.25, 0.3) is 0 Å². The fourth-order valence-corrected chi connectivity index (χ4v) is 4.09. The molecule has 1 aliphatic carbocycles. The predicted octanol–water partition coefficient (Wildman–Crippen LogP) is 3.61. The van der Waals surface area contributed by atoms with Gasteiger partial charge in [0.05, 0.1) is 0 Å². The summed E-state index contributed by atoms with van der Waals surface area (Å²) in [6, 6.07) is 14.2. The van der Waals surface area contributed by atoms with Gasteiger partial charge in [0.25, 0.3) is 0 Å². The van der Waals surface area contributed by atoms with Crippen LogP contribution in [0, 0.1) is 5.41 Å². The van der Waals surface area contributed by atoms with Crippen LogP contribution in [0.3, 0.4) is 0 Å². The summed E-state index contributed by atoms with van der Waals surface area (Å²) < 4.78 is 5.84. The van der Waals surface area contributed by atoms with Crippen LogP contribution in [0.1, 0.15) is 36.8 Å². The number of nitrogens with one attached hydrogen (secondary N) is 1. The van der Waals surface area contributed by atoms with Gasteiger partial charge in [-0.1, -0.05) is 36.8 Å². The minimum Gasteiger partial charge on any atom is -0.473 e. The summed E-state index contributed by atoms with van der Waals surface area (Å²) in [4.78, 5) is 11.2. The summed E-state index contributed by atoms with van der Waals surface area (Å²) in [5.41, 5.74) is 2.86. The SMILES string of the molecule is CN=C(NCc1ccnc(OCc2ccccc2)c1)N1CCC2(CCC2)C1. The van der Waals surface area contributed by atoms with E-state index in [9.17, 15) is 0 Å². The first-order chi connectivity index (χ1) is 13.3. The fourth-order valence-electron chi connectivity index (χ4n) is 4.09. The standard InChI is InChI=1S/C22H28N4O/c1-23-21(26-13-11-22(17-26)9-5-10-22)25-15-19-8-12-24-20(14-19)27-16-18-6-3-2-4-7-18/h2-4,6-8,12,14H,5,9-11,13,15-17H2,1H3,(H,23,25). The zero-order valence-corrected chi connectivity index (χ0v) is 16.0. The molecule has 1 N–H and O–H groups in total. The lowest BCUT2D eigenvalue weighted by Crippen LogP contribution is -2.42. The molecule has 2 fully saturated rings. The van der Waals surface area contributed by atoms with Gasteiger partial charge in [-0.2, -0.15) is 0 Å². The van der Waals surface area contributed by atoms with Crippen LogP contribution >= 0.6 is 0 Å². The Morgan fingerprint density at radius 3 is 2.74 bits per heavy atom. The van der Waals surface area contributed by atoms with E-state index in [-0.39, 0.29) is 0 Å². The van der Waals surface area contributed by atoms with Crippen LogP contribution < -0.4 is 10.1 Å². The zero-order valence-electron chi connectivity index (χ0n) is 16.0. The second kappa shape index (κ2) is 7.99. The number of guanidine groups is 1. The van der Waals surface area contributed by atoms with Gasteiger partial charge in [-0.15, -0.1) is 0 Å². The molecule has 0 amide bonds. The van der Waals surface area contributed by atoms with Gasteiger partial charge in [0.1, 0.15) is 6.61 Å². The average Bonchev–Trinajstić information content (AvgIpc) is 3.14. The second-order valence-corrected chi connectivity index (χ2v) is 7.70. The Morgan fingerprint density at radius 2 is 2.04 bits per heavy atom. The normalized spacial score (nSPS) is 18.4. The Kier molecular flexibility index (Phi) is 5.28. The van der Waals surface area contributed by atoms with Crippen LogP contribution in [0.2, 0.25) is 0 Å². The molecule has 1 spiro atoms. The van der Waals surface area contributed by atoms with Crippen molar-refractivity contribution in [3.63, 3.8) is 0 Å². The van der Waals surface area contributed by atoms with Crippen LogP contribution in [-0.2, 0) is 13.2 Å². The Balaban J connectivity index is 1.31. The van der Waals surface area contributed by atoms with E-state index in [1.807, 2.05) is 37.4 Å². The van der Waals surface area contributed by atoms with Crippen molar-refractivity contribution in [3.05, 3.63) is 59.8 Å². The molecular formula is C22H28N4O. The molecular weight excluding hydrogens is 336 g/mol. The molecule has 1 saturated carbocycles. The topological polar surface area (TPSA) is 49.8 Å². The molecule has 27 heavy (non-hydrogen) atoms. The first-order valence-electron chi connectivity index (χ1n) is 9.84. The van der Waals surface area contributed by atoms with E-state index in [4.69, 9.17) is 4.74 Å². The lowest BCUT2D eigenvalue weighted by molar-refractivity contribution is 0.151. The minimum atomic E-state index is 0.530. The van der Waals surface area contributed by atoms with E-state index in [2.05, 4.69) is 32.3 Å². The van der Waals surface area contributed by atoms with Gasteiger partial charge in [0.2, 0.25) is 5.88 Å². The molecule has 2 aromatic rings. The quantitative estimate of drug-likeness (QED) is 0.650. The van der Waals surface area contributed by atoms with Crippen molar-refractivity contribution >= 4 is 5.96 Å². The van der Waals surface area contributed by atoms with Gasteiger partial charge >= 0.3 is 0 Å².